The maximum absolute atomic E-state index is 5.65. The van der Waals surface area contributed by atoms with Gasteiger partial charge in [-0.05, 0) is 33.3 Å². The number of nitrogens with zero attached hydrogens (tertiary/aromatic N) is 8. The lowest BCUT2D eigenvalue weighted by Crippen LogP contribution is -2.37. The van der Waals surface area contributed by atoms with E-state index < -0.39 is 0 Å². The van der Waals surface area contributed by atoms with Gasteiger partial charge in [0.15, 0.2) is 11.6 Å². The first-order valence-corrected chi connectivity index (χ1v) is 11.4. The fourth-order valence-corrected chi connectivity index (χ4v) is 4.28. The summed E-state index contributed by atoms with van der Waals surface area (Å²) in [6.45, 7) is 5.72. The number of anilines is 2. The predicted octanol–water partition coefficient (Wildman–Crippen LogP) is 1.47. The van der Waals surface area contributed by atoms with Gasteiger partial charge >= 0.3 is 0 Å². The maximum Gasteiger partial charge on any atom is 0.229 e. The number of ether oxygens (including phenoxy) is 1. The second-order valence-corrected chi connectivity index (χ2v) is 9.19. The van der Waals surface area contributed by atoms with Crippen molar-refractivity contribution in [2.24, 2.45) is 0 Å². The highest BCUT2D eigenvalue weighted by Crippen LogP contribution is 2.29. The Labute approximate surface area is 192 Å². The highest BCUT2D eigenvalue weighted by atomic mass is 32.1. The Balaban J connectivity index is 1.62. The molecule has 0 unspecified atom stereocenters. The quantitative estimate of drug-likeness (QED) is 0.536. The zero-order valence-corrected chi connectivity index (χ0v) is 19.5. The fourth-order valence-electron chi connectivity index (χ4n) is 3.26. The van der Waals surface area contributed by atoms with Crippen molar-refractivity contribution in [3.8, 4) is 22.1 Å². The molecule has 0 saturated carbocycles. The lowest BCUT2D eigenvalue weighted by atomic mass is 10.3. The minimum atomic E-state index is 0.220. The van der Waals surface area contributed by atoms with Crippen LogP contribution in [0.2, 0.25) is 0 Å². The molecule has 1 saturated heterocycles. The van der Waals surface area contributed by atoms with Crippen molar-refractivity contribution >= 4 is 23.2 Å². The van der Waals surface area contributed by atoms with E-state index in [0.717, 1.165) is 37.6 Å². The standard InChI is InChI=1S/C21H29N9OS/c1-28(2)6-7-29(3)14-16-4-5-17(32-16)19-25-18(15-12-23-20(22)24-13-15)26-21(27-19)30-8-10-31-11-9-30/h4-5,12-13H,6-11,14H2,1-3H3,(H2,22,23,24). The summed E-state index contributed by atoms with van der Waals surface area (Å²) in [5.41, 5.74) is 6.36. The van der Waals surface area contributed by atoms with E-state index in [1.54, 1.807) is 23.7 Å². The molecule has 3 aromatic rings. The van der Waals surface area contributed by atoms with Crippen LogP contribution in [-0.2, 0) is 11.3 Å². The van der Waals surface area contributed by atoms with E-state index in [9.17, 15) is 0 Å². The molecule has 4 rings (SSSR count). The maximum atomic E-state index is 5.65. The van der Waals surface area contributed by atoms with Gasteiger partial charge in [-0.1, -0.05) is 0 Å². The summed E-state index contributed by atoms with van der Waals surface area (Å²) in [5, 5.41) is 0. The minimum Gasteiger partial charge on any atom is -0.378 e. The lowest BCUT2D eigenvalue weighted by Gasteiger charge is -2.27. The molecule has 11 heteroatoms. The SMILES string of the molecule is CN(C)CCN(C)Cc1ccc(-c2nc(-c3cnc(N)nc3)nc(N3CCOCC3)n2)s1. The molecule has 1 aliphatic rings. The molecule has 0 aromatic carbocycles. The van der Waals surface area contributed by atoms with Crippen molar-refractivity contribution in [1.82, 2.24) is 34.7 Å². The van der Waals surface area contributed by atoms with E-state index in [2.05, 4.69) is 57.9 Å². The molecule has 0 atom stereocenters. The number of nitrogen functional groups attached to an aromatic ring is 1. The van der Waals surface area contributed by atoms with Crippen LogP contribution in [-0.4, -0.2) is 95.3 Å². The van der Waals surface area contributed by atoms with E-state index in [0.29, 0.717) is 36.4 Å². The van der Waals surface area contributed by atoms with E-state index >= 15 is 0 Å². The molecule has 32 heavy (non-hydrogen) atoms. The zero-order chi connectivity index (χ0) is 22.5. The predicted molar refractivity (Wildman–Crippen MR) is 126 cm³/mol. The highest BCUT2D eigenvalue weighted by molar-refractivity contribution is 7.15. The minimum absolute atomic E-state index is 0.220. The smallest absolute Gasteiger partial charge is 0.229 e. The van der Waals surface area contributed by atoms with E-state index in [4.69, 9.17) is 25.4 Å². The van der Waals surface area contributed by atoms with Crippen LogP contribution in [0.15, 0.2) is 24.5 Å². The average Bonchev–Trinajstić information content (AvgIpc) is 3.27. The van der Waals surface area contributed by atoms with Gasteiger partial charge in [-0.15, -0.1) is 11.3 Å². The second-order valence-electron chi connectivity index (χ2n) is 8.02. The second kappa shape index (κ2) is 10.3. The largest absolute Gasteiger partial charge is 0.378 e. The van der Waals surface area contributed by atoms with E-state index in [-0.39, 0.29) is 5.95 Å². The van der Waals surface area contributed by atoms with E-state index in [1.165, 1.54) is 4.88 Å². The van der Waals surface area contributed by atoms with E-state index in [1.807, 2.05) is 0 Å². The number of morpholine rings is 1. The topological polar surface area (TPSA) is 109 Å². The molecule has 3 aromatic heterocycles. The molecule has 2 N–H and O–H groups in total. The van der Waals surface area contributed by atoms with Crippen LogP contribution >= 0.6 is 11.3 Å². The zero-order valence-electron chi connectivity index (χ0n) is 18.7. The van der Waals surface area contributed by atoms with Gasteiger partial charge in [0.25, 0.3) is 0 Å². The third-order valence-electron chi connectivity index (χ3n) is 5.08. The van der Waals surface area contributed by atoms with Gasteiger partial charge in [0.2, 0.25) is 11.9 Å². The Morgan fingerprint density at radius 2 is 1.72 bits per heavy atom. The first-order chi connectivity index (χ1) is 15.5. The van der Waals surface area contributed by atoms with Gasteiger partial charge in [-0.2, -0.15) is 9.97 Å². The summed E-state index contributed by atoms with van der Waals surface area (Å²) in [6.07, 6.45) is 3.29. The summed E-state index contributed by atoms with van der Waals surface area (Å²) in [5.74, 6) is 2.05. The Morgan fingerprint density at radius 3 is 2.44 bits per heavy atom. The van der Waals surface area contributed by atoms with Crippen LogP contribution in [0, 0.1) is 0 Å². The number of hydrogen-bond donors (Lipinski definition) is 1. The van der Waals surface area contributed by atoms with Gasteiger partial charge in [0.05, 0.1) is 23.7 Å². The van der Waals surface area contributed by atoms with Gasteiger partial charge in [-0.3, -0.25) is 0 Å². The number of nitrogens with two attached hydrogens (primary N) is 1. The molecule has 170 valence electrons. The van der Waals surface area contributed by atoms with Gasteiger partial charge in [0.1, 0.15) is 0 Å². The summed E-state index contributed by atoms with van der Waals surface area (Å²) in [4.78, 5) is 31.3. The molecule has 0 bridgehead atoms. The molecule has 0 spiro atoms. The number of aromatic nitrogens is 5. The van der Waals surface area contributed by atoms with Crippen LogP contribution < -0.4 is 10.6 Å². The highest BCUT2D eigenvalue weighted by Gasteiger charge is 2.19. The molecule has 0 radical (unpaired) electrons. The molecule has 1 aliphatic heterocycles. The summed E-state index contributed by atoms with van der Waals surface area (Å²) in [7, 11) is 6.32. The van der Waals surface area contributed by atoms with Crippen molar-refractivity contribution in [3.63, 3.8) is 0 Å². The molecular weight excluding hydrogens is 426 g/mol. The summed E-state index contributed by atoms with van der Waals surface area (Å²) in [6, 6.07) is 4.23. The van der Waals surface area contributed by atoms with Crippen molar-refractivity contribution in [2.75, 3.05) is 71.2 Å². The average molecular weight is 456 g/mol. The van der Waals surface area contributed by atoms with Crippen molar-refractivity contribution < 1.29 is 4.74 Å². The Hall–Kier alpha value is -2.73. The van der Waals surface area contributed by atoms with Crippen molar-refractivity contribution in [2.45, 2.75) is 6.54 Å². The molecule has 0 amide bonds. The molecule has 0 aliphatic carbocycles. The number of hydrogen-bond acceptors (Lipinski definition) is 11. The lowest BCUT2D eigenvalue weighted by molar-refractivity contribution is 0.122. The van der Waals surface area contributed by atoms with Crippen LogP contribution in [0.25, 0.3) is 22.1 Å². The summed E-state index contributed by atoms with van der Waals surface area (Å²) < 4.78 is 5.49. The van der Waals surface area contributed by atoms with Crippen molar-refractivity contribution in [3.05, 3.63) is 29.4 Å². The Kier molecular flexibility index (Phi) is 7.20. The Morgan fingerprint density at radius 1 is 1.00 bits per heavy atom. The monoisotopic (exact) mass is 455 g/mol. The van der Waals surface area contributed by atoms with Gasteiger partial charge in [0, 0.05) is 50.0 Å². The van der Waals surface area contributed by atoms with Crippen LogP contribution in [0.5, 0.6) is 0 Å². The normalized spacial score (nSPS) is 14.5. The molecule has 4 heterocycles. The van der Waals surface area contributed by atoms with Crippen LogP contribution in [0.1, 0.15) is 4.88 Å². The van der Waals surface area contributed by atoms with Crippen molar-refractivity contribution in [1.29, 1.82) is 0 Å². The number of thiophene rings is 1. The fraction of sp³-hybridized carbons (Fsp3) is 0.476. The number of rotatable bonds is 8. The van der Waals surface area contributed by atoms with Gasteiger partial charge < -0.3 is 25.2 Å². The van der Waals surface area contributed by atoms with Gasteiger partial charge in [-0.25, -0.2) is 15.0 Å². The first kappa shape index (κ1) is 22.5. The molecular formula is C21H29N9OS. The third-order valence-corrected chi connectivity index (χ3v) is 6.15. The molecule has 1 fully saturated rings. The summed E-state index contributed by atoms with van der Waals surface area (Å²) >= 11 is 1.71. The van der Waals surface area contributed by atoms with Crippen LogP contribution in [0.3, 0.4) is 0 Å². The first-order valence-electron chi connectivity index (χ1n) is 10.6. The Bertz CT molecular complexity index is 1020. The van der Waals surface area contributed by atoms with Crippen LogP contribution in [0.4, 0.5) is 11.9 Å². The molecule has 10 nitrogen and oxygen atoms in total. The number of likely N-dealkylation sites (N-methyl/N-ethyl adjacent to an activating group) is 2. The third kappa shape index (κ3) is 5.74.